The van der Waals surface area contributed by atoms with E-state index in [-0.39, 0.29) is 0 Å². The van der Waals surface area contributed by atoms with Crippen LogP contribution in [0, 0.1) is 0 Å². The van der Waals surface area contributed by atoms with Crippen molar-refractivity contribution in [3.05, 3.63) is 44.6 Å². The van der Waals surface area contributed by atoms with E-state index in [1.54, 1.807) is 0 Å². The van der Waals surface area contributed by atoms with E-state index in [9.17, 15) is 5.11 Å². The number of thiophene rings is 1. The van der Waals surface area contributed by atoms with Gasteiger partial charge in [0.05, 0.1) is 9.72 Å². The van der Waals surface area contributed by atoms with Crippen LogP contribution in [0.1, 0.15) is 50.0 Å². The van der Waals surface area contributed by atoms with Crippen molar-refractivity contribution in [2.75, 3.05) is 0 Å². The van der Waals surface area contributed by atoms with E-state index in [2.05, 4.69) is 16.9 Å². The molecule has 5 atom stereocenters. The lowest BCUT2D eigenvalue weighted by Gasteiger charge is -2.27. The molecule has 0 saturated carbocycles. The van der Waals surface area contributed by atoms with Gasteiger partial charge in [0.2, 0.25) is 0 Å². The summed E-state index contributed by atoms with van der Waals surface area (Å²) in [5.74, 6) is -0.801. The standard InChI is InChI=1S/C21H23Cl2N3O4S/c1-4-5-10-8-12(22)31-17(10)13(27)14-15-16(30-21(2,3)29-15)20(28-14)26-7-6-11-18(23)24-9-25-19(11)26/h6-9,13-16,20,27H,4-5H2,1-3H3/t13-,14-,15-,16-,20-/m1/s1. The normalized spacial score (nSPS) is 28.3. The lowest BCUT2D eigenvalue weighted by molar-refractivity contribution is -0.207. The Balaban J connectivity index is 1.53. The van der Waals surface area contributed by atoms with Crippen LogP contribution in [0.2, 0.25) is 9.49 Å². The maximum atomic E-state index is 11.4. The van der Waals surface area contributed by atoms with Crippen LogP contribution in [-0.4, -0.2) is 43.7 Å². The molecule has 1 N–H and O–H groups in total. The second-order valence-electron chi connectivity index (χ2n) is 8.32. The SMILES string of the molecule is CCCc1cc(Cl)sc1[C@H](O)[C@H]1O[C@@H](n2ccc3c(Cl)ncnc32)[C@@H]2OC(C)(C)O[C@@H]21. The molecule has 2 aliphatic heterocycles. The zero-order valence-electron chi connectivity index (χ0n) is 17.3. The number of ether oxygens (including phenoxy) is 3. The van der Waals surface area contributed by atoms with Crippen molar-refractivity contribution in [3.63, 3.8) is 0 Å². The molecule has 2 fully saturated rings. The number of hydrogen-bond acceptors (Lipinski definition) is 7. The molecule has 166 valence electrons. The third-order valence-corrected chi connectivity index (χ3v) is 7.39. The number of aliphatic hydroxyl groups excluding tert-OH is 1. The van der Waals surface area contributed by atoms with Crippen LogP contribution in [0.15, 0.2) is 24.7 Å². The van der Waals surface area contributed by atoms with E-state index in [4.69, 9.17) is 37.4 Å². The minimum absolute atomic E-state index is 0.372. The Labute approximate surface area is 193 Å². The topological polar surface area (TPSA) is 78.6 Å². The Bertz CT molecular complexity index is 1120. The highest BCUT2D eigenvalue weighted by Gasteiger charge is 2.58. The Hall–Kier alpha value is -1.26. The van der Waals surface area contributed by atoms with Crippen LogP contribution in [0.4, 0.5) is 0 Å². The summed E-state index contributed by atoms with van der Waals surface area (Å²) in [6, 6.07) is 3.77. The highest BCUT2D eigenvalue weighted by molar-refractivity contribution is 7.16. The summed E-state index contributed by atoms with van der Waals surface area (Å²) in [5.41, 5.74) is 1.68. The number of nitrogens with zero attached hydrogens (tertiary/aromatic N) is 3. The van der Waals surface area contributed by atoms with Crippen LogP contribution in [0.5, 0.6) is 0 Å². The molecule has 0 radical (unpaired) electrons. The molecule has 10 heteroatoms. The molecule has 0 aromatic carbocycles. The predicted octanol–water partition coefficient (Wildman–Crippen LogP) is 4.90. The van der Waals surface area contributed by atoms with Gasteiger partial charge in [-0.05, 0) is 38.0 Å². The fourth-order valence-electron chi connectivity index (χ4n) is 4.50. The molecule has 3 aromatic rings. The first-order valence-corrected chi connectivity index (χ1v) is 11.8. The molecular formula is C21H23Cl2N3O4S. The highest BCUT2D eigenvalue weighted by atomic mass is 35.5. The monoisotopic (exact) mass is 483 g/mol. The second kappa shape index (κ2) is 7.95. The molecule has 31 heavy (non-hydrogen) atoms. The van der Waals surface area contributed by atoms with Crippen molar-refractivity contribution in [2.24, 2.45) is 0 Å². The van der Waals surface area contributed by atoms with Crippen LogP contribution >= 0.6 is 34.5 Å². The van der Waals surface area contributed by atoms with Crippen molar-refractivity contribution >= 4 is 45.6 Å². The van der Waals surface area contributed by atoms with E-state index in [1.165, 1.54) is 17.7 Å². The Morgan fingerprint density at radius 2 is 2.03 bits per heavy atom. The largest absolute Gasteiger partial charge is 0.385 e. The zero-order chi connectivity index (χ0) is 21.9. The third kappa shape index (κ3) is 3.68. The quantitative estimate of drug-likeness (QED) is 0.519. The summed E-state index contributed by atoms with van der Waals surface area (Å²) in [6.45, 7) is 5.83. The van der Waals surface area contributed by atoms with E-state index < -0.39 is 36.4 Å². The number of hydrogen-bond donors (Lipinski definition) is 1. The summed E-state index contributed by atoms with van der Waals surface area (Å²) in [5, 5.41) is 12.5. The van der Waals surface area contributed by atoms with Gasteiger partial charge < -0.3 is 23.9 Å². The number of fused-ring (bicyclic) bond motifs is 2. The average Bonchev–Trinajstić information content (AvgIpc) is 3.44. The number of aromatic nitrogens is 3. The van der Waals surface area contributed by atoms with Gasteiger partial charge >= 0.3 is 0 Å². The smallest absolute Gasteiger partial charge is 0.164 e. The van der Waals surface area contributed by atoms with Crippen molar-refractivity contribution in [3.8, 4) is 0 Å². The molecule has 0 amide bonds. The van der Waals surface area contributed by atoms with Gasteiger partial charge in [-0.3, -0.25) is 0 Å². The molecule has 5 rings (SSSR count). The first-order valence-electron chi connectivity index (χ1n) is 10.2. The molecule has 5 heterocycles. The first-order chi connectivity index (χ1) is 14.8. The van der Waals surface area contributed by atoms with Gasteiger partial charge in [-0.2, -0.15) is 0 Å². The van der Waals surface area contributed by atoms with Gasteiger partial charge in [-0.1, -0.05) is 36.5 Å². The lowest BCUT2D eigenvalue weighted by Crippen LogP contribution is -2.34. The first kappa shape index (κ1) is 21.6. The van der Waals surface area contributed by atoms with Gasteiger partial charge in [0.15, 0.2) is 12.0 Å². The molecule has 2 saturated heterocycles. The fourth-order valence-corrected chi connectivity index (χ4v) is 6.03. The Kier molecular flexibility index (Phi) is 5.53. The van der Waals surface area contributed by atoms with Crippen molar-refractivity contribution in [1.29, 1.82) is 0 Å². The van der Waals surface area contributed by atoms with Gasteiger partial charge in [-0.25, -0.2) is 9.97 Å². The van der Waals surface area contributed by atoms with E-state index in [0.29, 0.717) is 15.1 Å². The van der Waals surface area contributed by atoms with Crippen molar-refractivity contribution in [1.82, 2.24) is 14.5 Å². The van der Waals surface area contributed by atoms with E-state index in [1.807, 2.05) is 36.7 Å². The highest BCUT2D eigenvalue weighted by Crippen LogP contribution is 2.48. The summed E-state index contributed by atoms with van der Waals surface area (Å²) in [4.78, 5) is 9.23. The maximum Gasteiger partial charge on any atom is 0.164 e. The van der Waals surface area contributed by atoms with Crippen LogP contribution in [0.3, 0.4) is 0 Å². The number of halogens is 2. The van der Waals surface area contributed by atoms with Gasteiger partial charge in [-0.15, -0.1) is 11.3 Å². The van der Waals surface area contributed by atoms with Gasteiger partial charge in [0, 0.05) is 11.1 Å². The maximum absolute atomic E-state index is 11.4. The van der Waals surface area contributed by atoms with Gasteiger partial charge in [0.25, 0.3) is 0 Å². The third-order valence-electron chi connectivity index (χ3n) is 5.71. The minimum atomic E-state index is -0.894. The summed E-state index contributed by atoms with van der Waals surface area (Å²) >= 11 is 13.9. The minimum Gasteiger partial charge on any atom is -0.385 e. The number of aryl methyl sites for hydroxylation is 1. The molecule has 7 nitrogen and oxygen atoms in total. The summed E-state index contributed by atoms with van der Waals surface area (Å²) in [6.07, 6.45) is 2.10. The average molecular weight is 484 g/mol. The number of rotatable bonds is 5. The lowest BCUT2D eigenvalue weighted by atomic mass is 10.0. The van der Waals surface area contributed by atoms with Crippen LogP contribution in [-0.2, 0) is 20.6 Å². The Morgan fingerprint density at radius 1 is 1.26 bits per heavy atom. The summed E-state index contributed by atoms with van der Waals surface area (Å²) < 4.78 is 21.3. The zero-order valence-corrected chi connectivity index (χ0v) is 19.6. The van der Waals surface area contributed by atoms with Crippen LogP contribution in [0.25, 0.3) is 11.0 Å². The van der Waals surface area contributed by atoms with E-state index >= 15 is 0 Å². The summed E-state index contributed by atoms with van der Waals surface area (Å²) in [7, 11) is 0. The molecular weight excluding hydrogens is 461 g/mol. The predicted molar refractivity (Wildman–Crippen MR) is 119 cm³/mol. The Morgan fingerprint density at radius 3 is 2.81 bits per heavy atom. The molecule has 0 bridgehead atoms. The van der Waals surface area contributed by atoms with Crippen molar-refractivity contribution in [2.45, 2.75) is 70.0 Å². The van der Waals surface area contributed by atoms with E-state index in [0.717, 1.165) is 28.7 Å². The number of aliphatic hydroxyl groups is 1. The fraction of sp³-hybridized carbons (Fsp3) is 0.524. The molecule has 0 unspecified atom stereocenters. The molecule has 3 aromatic heterocycles. The molecule has 0 spiro atoms. The molecule has 0 aliphatic carbocycles. The van der Waals surface area contributed by atoms with Crippen molar-refractivity contribution < 1.29 is 19.3 Å². The second-order valence-corrected chi connectivity index (χ2v) is 10.4. The molecule has 2 aliphatic rings. The van der Waals surface area contributed by atoms with Crippen LogP contribution < -0.4 is 0 Å². The van der Waals surface area contributed by atoms with Gasteiger partial charge in [0.1, 0.15) is 41.5 Å².